The number of hydrogen-bond donors (Lipinski definition) is 1. The summed E-state index contributed by atoms with van der Waals surface area (Å²) >= 11 is 0. The predicted molar refractivity (Wildman–Crippen MR) is 135 cm³/mol. The molecule has 3 aromatic rings. The Balaban J connectivity index is 1.43. The molecule has 7 heteroatoms. The molecule has 0 amide bonds. The molecule has 0 unspecified atom stereocenters. The lowest BCUT2D eigenvalue weighted by Gasteiger charge is -2.57. The number of aliphatic hydroxyl groups excluding tert-OH is 1. The number of nitrogens with zero attached hydrogens (tertiary/aromatic N) is 2. The zero-order chi connectivity index (χ0) is 24.6. The molecular weight excluding hydrogens is 463 g/mol. The third-order valence-corrected chi connectivity index (χ3v) is 9.42. The zero-order valence-electron chi connectivity index (χ0n) is 19.8. The Hall–Kier alpha value is -2.58. The van der Waals surface area contributed by atoms with E-state index >= 15 is 0 Å². The third-order valence-electron chi connectivity index (χ3n) is 7.54. The van der Waals surface area contributed by atoms with Gasteiger partial charge in [-0.25, -0.2) is 12.8 Å². The quantitative estimate of drug-likeness (QED) is 0.571. The van der Waals surface area contributed by atoms with Crippen molar-refractivity contribution in [3.63, 3.8) is 0 Å². The van der Waals surface area contributed by atoms with Crippen LogP contribution < -0.4 is 0 Å². The Morgan fingerprint density at radius 2 is 1.63 bits per heavy atom. The maximum absolute atomic E-state index is 13.4. The van der Waals surface area contributed by atoms with Crippen molar-refractivity contribution in [2.45, 2.75) is 42.7 Å². The number of fused-ring (bicyclic) bond motifs is 1. The molecule has 0 aliphatic carbocycles. The molecule has 2 fully saturated rings. The summed E-state index contributed by atoms with van der Waals surface area (Å²) in [5, 5.41) is 10.2. The van der Waals surface area contributed by atoms with Gasteiger partial charge in [-0.3, -0.25) is 4.90 Å². The summed E-state index contributed by atoms with van der Waals surface area (Å²) < 4.78 is 41.7. The van der Waals surface area contributed by atoms with Crippen molar-refractivity contribution in [1.29, 1.82) is 0 Å². The van der Waals surface area contributed by atoms with Gasteiger partial charge in [0.1, 0.15) is 5.82 Å². The first-order valence-electron chi connectivity index (χ1n) is 12.2. The highest BCUT2D eigenvalue weighted by molar-refractivity contribution is 7.89. The molecule has 0 bridgehead atoms. The summed E-state index contributed by atoms with van der Waals surface area (Å²) in [6.07, 6.45) is 1.61. The van der Waals surface area contributed by atoms with Gasteiger partial charge in [-0.05, 0) is 72.8 Å². The van der Waals surface area contributed by atoms with Crippen LogP contribution in [0.5, 0.6) is 0 Å². The highest BCUT2D eigenvalue weighted by atomic mass is 32.2. The number of aryl methyl sites for hydroxylation is 1. The van der Waals surface area contributed by atoms with Gasteiger partial charge in [-0.2, -0.15) is 4.31 Å². The van der Waals surface area contributed by atoms with E-state index in [4.69, 9.17) is 0 Å². The van der Waals surface area contributed by atoms with Crippen molar-refractivity contribution in [2.24, 2.45) is 0 Å². The Bertz CT molecular complexity index is 1280. The molecule has 1 N–H and O–H groups in total. The molecular formula is C28H31FN2O3S. The third kappa shape index (κ3) is 4.54. The smallest absolute Gasteiger partial charge is 0.243 e. The maximum atomic E-state index is 13.4. The van der Waals surface area contributed by atoms with E-state index in [0.717, 1.165) is 30.5 Å². The van der Waals surface area contributed by atoms with Gasteiger partial charge in [-0.15, -0.1) is 0 Å². The van der Waals surface area contributed by atoms with Crippen molar-refractivity contribution in [3.8, 4) is 11.1 Å². The van der Waals surface area contributed by atoms with E-state index in [2.05, 4.69) is 48.2 Å². The molecule has 5 nitrogen and oxygen atoms in total. The minimum Gasteiger partial charge on any atom is -0.395 e. The first-order chi connectivity index (χ1) is 16.9. The standard InChI is InChI=1S/C28H31FN2O3S/c1-20-6-2-3-7-25(20)21-8-10-22(11-9-21)28-26-18-30(16-4-5-17-31(26)27(28)19-32)35(33,34)24-14-12-23(29)13-15-24/h2-3,6-15,26-28,32H,4-5,16-19H2,1H3/t26-,27+,28+/m0/s1. The number of rotatable bonds is 5. The average molecular weight is 495 g/mol. The van der Waals surface area contributed by atoms with E-state index in [1.54, 1.807) is 4.31 Å². The van der Waals surface area contributed by atoms with Gasteiger partial charge in [0.2, 0.25) is 10.0 Å². The van der Waals surface area contributed by atoms with Crippen LogP contribution >= 0.6 is 0 Å². The van der Waals surface area contributed by atoms with E-state index in [-0.39, 0.29) is 29.5 Å². The molecule has 5 rings (SSSR count). The summed E-state index contributed by atoms with van der Waals surface area (Å²) in [6, 6.07) is 21.7. The molecule has 3 atom stereocenters. The molecule has 0 saturated carbocycles. The predicted octanol–water partition coefficient (Wildman–Crippen LogP) is 4.41. The van der Waals surface area contributed by atoms with Crippen LogP contribution in [-0.2, 0) is 10.0 Å². The number of halogens is 1. The Labute approximate surface area is 206 Å². The number of benzene rings is 3. The van der Waals surface area contributed by atoms with Crippen LogP contribution in [0.1, 0.15) is 29.9 Å². The second-order valence-corrected chi connectivity index (χ2v) is 11.5. The lowest BCUT2D eigenvalue weighted by molar-refractivity contribution is -0.0553. The van der Waals surface area contributed by atoms with Gasteiger partial charge in [-0.1, -0.05) is 48.5 Å². The highest BCUT2D eigenvalue weighted by Crippen LogP contribution is 2.43. The monoisotopic (exact) mass is 494 g/mol. The van der Waals surface area contributed by atoms with Crippen LogP contribution in [0.25, 0.3) is 11.1 Å². The van der Waals surface area contributed by atoms with Crippen molar-refractivity contribution < 1.29 is 17.9 Å². The Morgan fingerprint density at radius 1 is 0.943 bits per heavy atom. The molecule has 2 saturated heterocycles. The fraction of sp³-hybridized carbons (Fsp3) is 0.357. The number of sulfonamides is 1. The normalized spacial score (nSPS) is 23.7. The second kappa shape index (κ2) is 9.82. The van der Waals surface area contributed by atoms with Gasteiger partial charge >= 0.3 is 0 Å². The van der Waals surface area contributed by atoms with Crippen molar-refractivity contribution in [1.82, 2.24) is 9.21 Å². The summed E-state index contributed by atoms with van der Waals surface area (Å²) in [4.78, 5) is 2.37. The summed E-state index contributed by atoms with van der Waals surface area (Å²) in [7, 11) is -3.74. The average Bonchev–Trinajstić information content (AvgIpc) is 2.84. The van der Waals surface area contributed by atoms with Crippen LogP contribution in [0.4, 0.5) is 4.39 Å². The van der Waals surface area contributed by atoms with E-state index < -0.39 is 15.8 Å². The molecule has 0 spiro atoms. The van der Waals surface area contributed by atoms with Crippen molar-refractivity contribution >= 4 is 10.0 Å². The molecule has 0 aromatic heterocycles. The van der Waals surface area contributed by atoms with Crippen LogP contribution in [0.3, 0.4) is 0 Å². The second-order valence-electron chi connectivity index (χ2n) is 9.54. The van der Waals surface area contributed by atoms with E-state index in [0.29, 0.717) is 13.1 Å². The molecule has 2 aliphatic rings. The van der Waals surface area contributed by atoms with Crippen LogP contribution in [0.15, 0.2) is 77.7 Å². The number of aliphatic hydroxyl groups is 1. The topological polar surface area (TPSA) is 60.9 Å². The minimum absolute atomic E-state index is 0.0213. The Morgan fingerprint density at radius 3 is 2.31 bits per heavy atom. The van der Waals surface area contributed by atoms with Crippen LogP contribution in [0, 0.1) is 12.7 Å². The minimum atomic E-state index is -3.74. The Kier molecular flexibility index (Phi) is 6.77. The van der Waals surface area contributed by atoms with Crippen molar-refractivity contribution in [2.75, 3.05) is 26.2 Å². The fourth-order valence-corrected chi connectivity index (χ4v) is 7.16. The zero-order valence-corrected chi connectivity index (χ0v) is 20.7. The van der Waals surface area contributed by atoms with E-state index in [9.17, 15) is 17.9 Å². The maximum Gasteiger partial charge on any atom is 0.243 e. The summed E-state index contributed by atoms with van der Waals surface area (Å²) in [5.74, 6) is -0.420. The number of hydrogen-bond acceptors (Lipinski definition) is 4. The molecule has 184 valence electrons. The van der Waals surface area contributed by atoms with Crippen molar-refractivity contribution in [3.05, 3.63) is 89.7 Å². The van der Waals surface area contributed by atoms with Crippen LogP contribution in [0.2, 0.25) is 0 Å². The molecule has 3 aromatic carbocycles. The highest BCUT2D eigenvalue weighted by Gasteiger charge is 2.50. The molecule has 2 heterocycles. The van der Waals surface area contributed by atoms with Gasteiger partial charge in [0.25, 0.3) is 0 Å². The van der Waals surface area contributed by atoms with Gasteiger partial charge in [0.05, 0.1) is 11.5 Å². The first kappa shape index (κ1) is 24.1. The summed E-state index contributed by atoms with van der Waals surface area (Å²) in [5.41, 5.74) is 4.66. The SMILES string of the molecule is Cc1ccccc1-c1ccc([C@H]2[C@@H](CO)N3CCCCN(S(=O)(=O)c4ccc(F)cc4)C[C@@H]23)cc1. The lowest BCUT2D eigenvalue weighted by Crippen LogP contribution is -2.67. The molecule has 2 aliphatic heterocycles. The fourth-order valence-electron chi connectivity index (χ4n) is 5.66. The first-order valence-corrected chi connectivity index (χ1v) is 13.6. The van der Waals surface area contributed by atoms with Gasteiger partial charge < -0.3 is 5.11 Å². The molecule has 35 heavy (non-hydrogen) atoms. The molecule has 0 radical (unpaired) electrons. The summed E-state index contributed by atoms with van der Waals surface area (Å²) in [6.45, 7) is 3.76. The van der Waals surface area contributed by atoms with E-state index in [1.807, 2.05) is 12.1 Å². The largest absolute Gasteiger partial charge is 0.395 e. The van der Waals surface area contributed by atoms with Gasteiger partial charge in [0.15, 0.2) is 0 Å². The van der Waals surface area contributed by atoms with Gasteiger partial charge in [0, 0.05) is 31.1 Å². The van der Waals surface area contributed by atoms with Crippen LogP contribution in [-0.4, -0.2) is 61.1 Å². The van der Waals surface area contributed by atoms with E-state index in [1.165, 1.54) is 35.4 Å². The lowest BCUT2D eigenvalue weighted by atomic mass is 9.74.